The molecule has 226 valence electrons. The molecule has 6 rings (SSSR count). The van der Waals surface area contributed by atoms with Crippen molar-refractivity contribution in [3.8, 4) is 68.6 Å². The molecule has 10 N–H and O–H groups in total. The summed E-state index contributed by atoms with van der Waals surface area (Å²) in [7, 11) is 0. The monoisotopic (exact) mass is 606 g/mol. The Hall–Kier alpha value is -5.86. The van der Waals surface area contributed by atoms with Crippen molar-refractivity contribution in [2.45, 2.75) is 24.4 Å². The Morgan fingerprint density at radius 1 is 0.477 bits per heavy atom. The summed E-state index contributed by atoms with van der Waals surface area (Å²) in [4.78, 5) is 25.8. The molecule has 14 nitrogen and oxygen atoms in total. The van der Waals surface area contributed by atoms with Crippen molar-refractivity contribution in [3.63, 3.8) is 0 Å². The van der Waals surface area contributed by atoms with Gasteiger partial charge in [-0.2, -0.15) is 0 Å². The number of carbonyl (C=O) groups is 2. The second-order valence-corrected chi connectivity index (χ2v) is 10.2. The Morgan fingerprint density at radius 3 is 1.20 bits per heavy atom. The zero-order chi connectivity index (χ0) is 31.8. The molecule has 44 heavy (non-hydrogen) atoms. The van der Waals surface area contributed by atoms with Crippen LogP contribution in [0.3, 0.4) is 0 Å². The van der Waals surface area contributed by atoms with Gasteiger partial charge >= 0.3 is 0 Å². The number of carbonyl (C=O) groups excluding carboxylic acids is 2. The summed E-state index contributed by atoms with van der Waals surface area (Å²) in [6.07, 6.45) is -6.99. The van der Waals surface area contributed by atoms with Crippen LogP contribution in [0.4, 0.5) is 0 Å². The molecule has 2 aliphatic rings. The second-order valence-electron chi connectivity index (χ2n) is 10.2. The maximum Gasteiger partial charge on any atom is 0.202 e. The number of aliphatic hydroxyl groups excluding tert-OH is 2. The van der Waals surface area contributed by atoms with E-state index in [-0.39, 0.29) is 33.8 Å². The van der Waals surface area contributed by atoms with Gasteiger partial charge in [0.05, 0.1) is 0 Å². The van der Waals surface area contributed by atoms with Gasteiger partial charge in [0, 0.05) is 35.4 Å². The average Bonchev–Trinajstić information content (AvgIpc) is 2.94. The minimum absolute atomic E-state index is 0.127. The lowest BCUT2D eigenvalue weighted by atomic mass is 9.88. The Kier molecular flexibility index (Phi) is 6.33. The number of ether oxygens (including phenoxy) is 2. The van der Waals surface area contributed by atoms with E-state index >= 15 is 0 Å². The van der Waals surface area contributed by atoms with Gasteiger partial charge in [-0.05, 0) is 35.4 Å². The molecule has 0 spiro atoms. The molecule has 0 aromatic heterocycles. The van der Waals surface area contributed by atoms with Gasteiger partial charge in [-0.25, -0.2) is 0 Å². The van der Waals surface area contributed by atoms with Crippen molar-refractivity contribution in [1.29, 1.82) is 0 Å². The standard InChI is InChI=1S/C30H22O14/c31-11-5-15(33)21-19(7-11)43-29(27(41)25(21)39)9-1-13(23(37)17(35)3-9)14-2-10(4-18(36)24(14)38)30-28(42)26(40)22-16(34)6-12(32)8-20(22)44-30/h1-8,27-38,41-42H/t27-,28+,29+,30-. The van der Waals surface area contributed by atoms with Crippen LogP contribution in [0.15, 0.2) is 48.5 Å². The highest BCUT2D eigenvalue weighted by molar-refractivity contribution is 6.06. The molecular weight excluding hydrogens is 584 g/mol. The molecule has 2 heterocycles. The molecular formula is C30H22O14. The number of phenols is 8. The van der Waals surface area contributed by atoms with Crippen LogP contribution in [0.2, 0.25) is 0 Å². The molecule has 2 aliphatic heterocycles. The van der Waals surface area contributed by atoms with Crippen LogP contribution in [-0.4, -0.2) is 74.8 Å². The number of benzene rings is 4. The highest BCUT2D eigenvalue weighted by Gasteiger charge is 2.41. The third-order valence-corrected chi connectivity index (χ3v) is 7.42. The first-order chi connectivity index (χ1) is 20.8. The van der Waals surface area contributed by atoms with Gasteiger partial charge in [-0.15, -0.1) is 0 Å². The van der Waals surface area contributed by atoms with Crippen molar-refractivity contribution in [1.82, 2.24) is 0 Å². The van der Waals surface area contributed by atoms with Gasteiger partial charge in [0.15, 0.2) is 47.4 Å². The summed E-state index contributed by atoms with van der Waals surface area (Å²) in [6.45, 7) is 0. The fourth-order valence-electron chi connectivity index (χ4n) is 5.35. The molecule has 14 heteroatoms. The smallest absolute Gasteiger partial charge is 0.202 e. The Labute approximate surface area is 245 Å². The van der Waals surface area contributed by atoms with E-state index in [9.17, 15) is 60.7 Å². The summed E-state index contributed by atoms with van der Waals surface area (Å²) in [6, 6.07) is 7.93. The summed E-state index contributed by atoms with van der Waals surface area (Å²) >= 11 is 0. The van der Waals surface area contributed by atoms with Crippen molar-refractivity contribution in [2.24, 2.45) is 0 Å². The van der Waals surface area contributed by atoms with E-state index in [1.54, 1.807) is 0 Å². The lowest BCUT2D eigenvalue weighted by molar-refractivity contribution is 0.0207. The number of aromatic hydroxyl groups is 8. The van der Waals surface area contributed by atoms with Gasteiger partial charge in [0.2, 0.25) is 11.6 Å². The first kappa shape index (κ1) is 28.3. The van der Waals surface area contributed by atoms with E-state index in [1.165, 1.54) is 0 Å². The number of rotatable bonds is 3. The molecule has 4 atom stereocenters. The van der Waals surface area contributed by atoms with E-state index in [4.69, 9.17) is 9.47 Å². The van der Waals surface area contributed by atoms with E-state index < -0.39 is 93.1 Å². The molecule has 0 saturated heterocycles. The quantitative estimate of drug-likeness (QED) is 0.150. The zero-order valence-electron chi connectivity index (χ0n) is 22.0. The predicted octanol–water partition coefficient (Wildman–Crippen LogP) is 2.35. The molecule has 0 aliphatic carbocycles. The van der Waals surface area contributed by atoms with Gasteiger partial charge in [-0.1, -0.05) is 0 Å². The van der Waals surface area contributed by atoms with Crippen molar-refractivity contribution in [3.05, 3.63) is 70.8 Å². The van der Waals surface area contributed by atoms with Crippen LogP contribution in [0.1, 0.15) is 44.1 Å². The Morgan fingerprint density at radius 2 is 0.841 bits per heavy atom. The molecule has 0 saturated carbocycles. The average molecular weight is 606 g/mol. The van der Waals surface area contributed by atoms with E-state index in [2.05, 4.69) is 0 Å². The van der Waals surface area contributed by atoms with Gasteiger partial charge in [0.25, 0.3) is 0 Å². The van der Waals surface area contributed by atoms with Crippen molar-refractivity contribution in [2.75, 3.05) is 0 Å². The van der Waals surface area contributed by atoms with Crippen LogP contribution in [0, 0.1) is 0 Å². The van der Waals surface area contributed by atoms with Crippen molar-refractivity contribution < 1.29 is 70.1 Å². The lowest BCUT2D eigenvalue weighted by Crippen LogP contribution is -2.36. The number of ketones is 2. The molecule has 0 fully saturated rings. The fourth-order valence-corrected chi connectivity index (χ4v) is 5.35. The number of aliphatic hydroxyl groups is 2. The van der Waals surface area contributed by atoms with Crippen LogP contribution in [0.25, 0.3) is 11.1 Å². The van der Waals surface area contributed by atoms with Crippen LogP contribution in [-0.2, 0) is 0 Å². The third-order valence-electron chi connectivity index (χ3n) is 7.42. The maximum atomic E-state index is 12.9. The maximum absolute atomic E-state index is 12.9. The van der Waals surface area contributed by atoms with Crippen LogP contribution < -0.4 is 9.47 Å². The summed E-state index contributed by atoms with van der Waals surface area (Å²) in [5.74, 6) is -7.98. The third kappa shape index (κ3) is 4.28. The van der Waals surface area contributed by atoms with E-state index in [1.807, 2.05) is 0 Å². The zero-order valence-corrected chi connectivity index (χ0v) is 22.0. The van der Waals surface area contributed by atoms with Gasteiger partial charge in [0.1, 0.15) is 45.6 Å². The Bertz CT molecular complexity index is 1760. The number of hydrogen-bond donors (Lipinski definition) is 10. The SMILES string of the molecule is O=C1c2c(O)cc(O)cc2O[C@@H](c2cc(O)c(O)c(-c3cc([C@H]4Oc5cc(O)cc(O)c5C(=O)[C@@H]4O)cc(O)c3O)c2)[C@@H]1O. The molecule has 0 radical (unpaired) electrons. The summed E-state index contributed by atoms with van der Waals surface area (Å²) in [5.41, 5.74) is -1.77. The molecule has 0 bridgehead atoms. The largest absolute Gasteiger partial charge is 0.508 e. The number of hydrogen-bond acceptors (Lipinski definition) is 14. The molecule has 0 unspecified atom stereocenters. The number of phenolic OH excluding ortho intramolecular Hbond substituents is 8. The molecule has 4 aromatic rings. The minimum Gasteiger partial charge on any atom is -0.508 e. The highest BCUT2D eigenvalue weighted by atomic mass is 16.5. The summed E-state index contributed by atoms with van der Waals surface area (Å²) < 4.78 is 11.3. The van der Waals surface area contributed by atoms with E-state index in [0.717, 1.165) is 48.5 Å². The highest BCUT2D eigenvalue weighted by Crippen LogP contribution is 2.50. The Balaban J connectivity index is 1.45. The summed E-state index contributed by atoms with van der Waals surface area (Å²) in [5, 5.41) is 104. The van der Waals surface area contributed by atoms with Gasteiger partial charge < -0.3 is 60.5 Å². The second kappa shape index (κ2) is 9.86. The first-order valence-corrected chi connectivity index (χ1v) is 12.8. The minimum atomic E-state index is -1.94. The number of fused-ring (bicyclic) bond motifs is 2. The molecule has 4 aromatic carbocycles. The van der Waals surface area contributed by atoms with Gasteiger partial charge in [-0.3, -0.25) is 9.59 Å². The van der Waals surface area contributed by atoms with Crippen molar-refractivity contribution >= 4 is 11.6 Å². The number of Topliss-reactive ketones (excluding diaryl/α,β-unsaturated/α-hetero) is 2. The first-order valence-electron chi connectivity index (χ1n) is 12.8. The van der Waals surface area contributed by atoms with Crippen LogP contribution in [0.5, 0.6) is 57.5 Å². The predicted molar refractivity (Wildman–Crippen MR) is 145 cm³/mol. The molecule has 0 amide bonds. The lowest BCUT2D eigenvalue weighted by Gasteiger charge is -2.31. The topological polar surface area (TPSA) is 255 Å². The fraction of sp³-hybridized carbons (Fsp3) is 0.133. The van der Waals surface area contributed by atoms with Crippen LogP contribution >= 0.6 is 0 Å². The van der Waals surface area contributed by atoms with E-state index in [0.29, 0.717) is 0 Å². The normalized spacial score (nSPS) is 20.8.